The minimum atomic E-state index is -0.484. The lowest BCUT2D eigenvalue weighted by Crippen LogP contribution is -2.48. The van der Waals surface area contributed by atoms with E-state index < -0.39 is 5.60 Å². The molecule has 1 N–H and O–H groups in total. The van der Waals surface area contributed by atoms with E-state index in [4.69, 9.17) is 26.1 Å². The molecule has 2 aliphatic heterocycles. The molecule has 1 atom stereocenters. The van der Waals surface area contributed by atoms with Crippen molar-refractivity contribution in [3.05, 3.63) is 47.7 Å². The standard InChI is InChI=1S/C25H30ClN5O3/c1-24(2,3)34-23(32)30-11-9-25(10-12-30)13-18(16-33-25)28-21-6-4-5-19(29-21)20-14-27-22-8-7-17(26)15-31(20)22/h4-8,14-15,18H,9-13,16H2,1-3H3,(H,28,29). The maximum Gasteiger partial charge on any atom is 0.410 e. The van der Waals surface area contributed by atoms with Crippen LogP contribution < -0.4 is 5.32 Å². The smallest absolute Gasteiger partial charge is 0.410 e. The van der Waals surface area contributed by atoms with Crippen LogP contribution in [0.5, 0.6) is 0 Å². The van der Waals surface area contributed by atoms with E-state index in [0.717, 1.165) is 42.1 Å². The molecule has 180 valence electrons. The van der Waals surface area contributed by atoms with Gasteiger partial charge in [-0.05, 0) is 64.3 Å². The van der Waals surface area contributed by atoms with Gasteiger partial charge in [-0.3, -0.25) is 4.40 Å². The van der Waals surface area contributed by atoms with E-state index in [1.165, 1.54) is 0 Å². The van der Waals surface area contributed by atoms with Crippen molar-refractivity contribution in [2.45, 2.75) is 57.3 Å². The molecule has 1 spiro atoms. The Labute approximate surface area is 204 Å². The van der Waals surface area contributed by atoms with Crippen LogP contribution in [0.2, 0.25) is 5.02 Å². The minimum absolute atomic E-state index is 0.160. The summed E-state index contributed by atoms with van der Waals surface area (Å²) < 4.78 is 13.7. The number of imidazole rings is 1. The van der Waals surface area contributed by atoms with Gasteiger partial charge in [0.15, 0.2) is 0 Å². The SMILES string of the molecule is CC(C)(C)OC(=O)N1CCC2(CC1)CC(Nc1cccc(-c3cnc4ccc(Cl)cn34)n1)CO2. The second-order valence-corrected chi connectivity index (χ2v) is 10.6. The van der Waals surface area contributed by atoms with Gasteiger partial charge in [0, 0.05) is 19.3 Å². The molecule has 5 heterocycles. The van der Waals surface area contributed by atoms with Crippen LogP contribution in [0.25, 0.3) is 17.0 Å². The molecule has 0 bridgehead atoms. The summed E-state index contributed by atoms with van der Waals surface area (Å²) in [4.78, 5) is 23.4. The molecule has 2 saturated heterocycles. The Morgan fingerprint density at radius 2 is 2.03 bits per heavy atom. The second-order valence-electron chi connectivity index (χ2n) is 10.1. The quantitative estimate of drug-likeness (QED) is 0.563. The first kappa shape index (κ1) is 22.9. The molecule has 0 aliphatic carbocycles. The van der Waals surface area contributed by atoms with Crippen molar-refractivity contribution in [1.29, 1.82) is 0 Å². The van der Waals surface area contributed by atoms with E-state index >= 15 is 0 Å². The molecule has 2 fully saturated rings. The number of carbonyl (C=O) groups excluding carboxylic acids is 1. The molecule has 0 saturated carbocycles. The Hall–Kier alpha value is -2.84. The number of ether oxygens (including phenoxy) is 2. The Balaban J connectivity index is 1.22. The maximum atomic E-state index is 12.4. The summed E-state index contributed by atoms with van der Waals surface area (Å²) in [6, 6.07) is 9.79. The highest BCUT2D eigenvalue weighted by molar-refractivity contribution is 6.30. The van der Waals surface area contributed by atoms with Gasteiger partial charge < -0.3 is 19.7 Å². The number of hydrogen-bond donors (Lipinski definition) is 1. The van der Waals surface area contributed by atoms with Crippen molar-refractivity contribution in [3.63, 3.8) is 0 Å². The number of nitrogens with one attached hydrogen (secondary N) is 1. The van der Waals surface area contributed by atoms with Gasteiger partial charge in [-0.2, -0.15) is 0 Å². The van der Waals surface area contributed by atoms with E-state index in [1.54, 1.807) is 4.90 Å². The Kier molecular flexibility index (Phi) is 5.90. The first-order valence-corrected chi connectivity index (χ1v) is 12.1. The number of anilines is 1. The van der Waals surface area contributed by atoms with Crippen molar-refractivity contribution >= 4 is 29.2 Å². The fourth-order valence-corrected chi connectivity index (χ4v) is 4.88. The molecule has 3 aromatic rings. The lowest BCUT2D eigenvalue weighted by molar-refractivity contribution is -0.0485. The highest BCUT2D eigenvalue weighted by Crippen LogP contribution is 2.37. The highest BCUT2D eigenvalue weighted by atomic mass is 35.5. The van der Waals surface area contributed by atoms with Gasteiger partial charge in [0.05, 0.1) is 40.9 Å². The molecule has 2 aliphatic rings. The summed E-state index contributed by atoms with van der Waals surface area (Å²) in [5, 5.41) is 4.19. The van der Waals surface area contributed by atoms with Crippen LogP contribution in [0.15, 0.2) is 42.7 Å². The average molecular weight is 484 g/mol. The molecule has 8 nitrogen and oxygen atoms in total. The highest BCUT2D eigenvalue weighted by Gasteiger charge is 2.44. The number of halogens is 1. The van der Waals surface area contributed by atoms with Gasteiger partial charge in [0.1, 0.15) is 17.1 Å². The van der Waals surface area contributed by atoms with Gasteiger partial charge in [-0.15, -0.1) is 0 Å². The molecule has 1 amide bonds. The van der Waals surface area contributed by atoms with Gasteiger partial charge in [0.2, 0.25) is 0 Å². The monoisotopic (exact) mass is 483 g/mol. The number of fused-ring (bicyclic) bond motifs is 1. The van der Waals surface area contributed by atoms with Gasteiger partial charge in [-0.1, -0.05) is 17.7 Å². The van der Waals surface area contributed by atoms with Crippen molar-refractivity contribution in [3.8, 4) is 11.4 Å². The molecular weight excluding hydrogens is 454 g/mol. The lowest BCUT2D eigenvalue weighted by Gasteiger charge is -2.39. The zero-order valence-corrected chi connectivity index (χ0v) is 20.5. The summed E-state index contributed by atoms with van der Waals surface area (Å²) in [6.07, 6.45) is 5.90. The first-order chi connectivity index (χ1) is 16.2. The van der Waals surface area contributed by atoms with E-state index in [1.807, 2.05) is 67.9 Å². The summed E-state index contributed by atoms with van der Waals surface area (Å²) in [6.45, 7) is 7.57. The second kappa shape index (κ2) is 8.74. The van der Waals surface area contributed by atoms with Crippen LogP contribution in [0.3, 0.4) is 0 Å². The van der Waals surface area contributed by atoms with Crippen LogP contribution in [0, 0.1) is 0 Å². The number of amides is 1. The Bertz CT molecular complexity index is 1200. The van der Waals surface area contributed by atoms with Gasteiger partial charge in [0.25, 0.3) is 0 Å². The van der Waals surface area contributed by atoms with E-state index in [9.17, 15) is 4.79 Å². The van der Waals surface area contributed by atoms with E-state index in [2.05, 4.69) is 10.3 Å². The van der Waals surface area contributed by atoms with Crippen molar-refractivity contribution in [2.75, 3.05) is 25.0 Å². The summed E-state index contributed by atoms with van der Waals surface area (Å²) in [7, 11) is 0. The van der Waals surface area contributed by atoms with Crippen molar-refractivity contribution in [2.24, 2.45) is 0 Å². The predicted octanol–water partition coefficient (Wildman–Crippen LogP) is 5.02. The molecule has 0 radical (unpaired) electrons. The zero-order valence-electron chi connectivity index (χ0n) is 19.8. The zero-order chi connectivity index (χ0) is 23.9. The van der Waals surface area contributed by atoms with Crippen molar-refractivity contribution in [1.82, 2.24) is 19.3 Å². The van der Waals surface area contributed by atoms with Crippen LogP contribution >= 0.6 is 11.6 Å². The van der Waals surface area contributed by atoms with Crippen LogP contribution in [-0.2, 0) is 9.47 Å². The Morgan fingerprint density at radius 3 is 2.79 bits per heavy atom. The first-order valence-electron chi connectivity index (χ1n) is 11.7. The number of carbonyl (C=O) groups is 1. The molecule has 5 rings (SSSR count). The third kappa shape index (κ3) is 4.83. The fourth-order valence-electron chi connectivity index (χ4n) is 4.72. The topological polar surface area (TPSA) is 81.0 Å². The number of pyridine rings is 2. The van der Waals surface area contributed by atoms with Gasteiger partial charge >= 0.3 is 6.09 Å². The fraction of sp³-hybridized carbons (Fsp3) is 0.480. The predicted molar refractivity (Wildman–Crippen MR) is 131 cm³/mol. The molecule has 1 unspecified atom stereocenters. The number of nitrogens with zero attached hydrogens (tertiary/aromatic N) is 4. The number of piperidine rings is 1. The van der Waals surface area contributed by atoms with Gasteiger partial charge in [-0.25, -0.2) is 14.8 Å². The molecular formula is C25H30ClN5O3. The third-order valence-electron chi connectivity index (χ3n) is 6.37. The molecule has 9 heteroatoms. The summed E-state index contributed by atoms with van der Waals surface area (Å²) in [5.41, 5.74) is 1.84. The van der Waals surface area contributed by atoms with Crippen LogP contribution in [0.4, 0.5) is 10.6 Å². The van der Waals surface area contributed by atoms with Crippen molar-refractivity contribution < 1.29 is 14.3 Å². The number of likely N-dealkylation sites (tertiary alicyclic amines) is 1. The summed E-state index contributed by atoms with van der Waals surface area (Å²) in [5.74, 6) is 0.798. The van der Waals surface area contributed by atoms with Crippen LogP contribution in [0.1, 0.15) is 40.0 Å². The van der Waals surface area contributed by atoms with E-state index in [0.29, 0.717) is 24.7 Å². The largest absolute Gasteiger partial charge is 0.444 e. The molecule has 3 aromatic heterocycles. The Morgan fingerprint density at radius 1 is 1.24 bits per heavy atom. The number of hydrogen-bond acceptors (Lipinski definition) is 6. The van der Waals surface area contributed by atoms with Crippen LogP contribution in [-0.4, -0.2) is 62.3 Å². The third-order valence-corrected chi connectivity index (χ3v) is 6.59. The molecule has 34 heavy (non-hydrogen) atoms. The lowest BCUT2D eigenvalue weighted by atomic mass is 9.87. The number of aromatic nitrogens is 3. The normalized spacial score (nSPS) is 20.1. The average Bonchev–Trinajstić information content (AvgIpc) is 3.37. The maximum absolute atomic E-state index is 12.4. The molecule has 0 aromatic carbocycles. The summed E-state index contributed by atoms with van der Waals surface area (Å²) >= 11 is 6.18. The van der Waals surface area contributed by atoms with E-state index in [-0.39, 0.29) is 17.7 Å². The number of rotatable bonds is 3. The minimum Gasteiger partial charge on any atom is -0.444 e.